The van der Waals surface area contributed by atoms with Crippen LogP contribution in [0.25, 0.3) is 0 Å². The Morgan fingerprint density at radius 1 is 1.48 bits per heavy atom. The van der Waals surface area contributed by atoms with Crippen molar-refractivity contribution in [3.05, 3.63) is 34.1 Å². The van der Waals surface area contributed by atoms with Crippen molar-refractivity contribution in [2.45, 2.75) is 18.5 Å². The predicted molar refractivity (Wildman–Crippen MR) is 66.9 cm³/mol. The van der Waals surface area contributed by atoms with Crippen LogP contribution in [0.3, 0.4) is 0 Å². The minimum atomic E-state index is -4.64. The smallest absolute Gasteiger partial charge is 0.338 e. The third kappa shape index (κ3) is 2.78. The molecule has 2 aromatic rings. The molecule has 1 fully saturated rings. The van der Waals surface area contributed by atoms with Gasteiger partial charge in [-0.2, -0.15) is 29.5 Å². The van der Waals surface area contributed by atoms with Crippen molar-refractivity contribution in [1.82, 2.24) is 15.0 Å². The van der Waals surface area contributed by atoms with Crippen LogP contribution in [0.5, 0.6) is 0 Å². The van der Waals surface area contributed by atoms with Gasteiger partial charge in [-0.1, -0.05) is 5.16 Å². The fourth-order valence-electron chi connectivity index (χ4n) is 2.24. The van der Waals surface area contributed by atoms with Gasteiger partial charge in [0.1, 0.15) is 0 Å². The highest BCUT2D eigenvalue weighted by molar-refractivity contribution is 7.08. The lowest BCUT2D eigenvalue weighted by molar-refractivity contribution is -0.159. The summed E-state index contributed by atoms with van der Waals surface area (Å²) in [6, 6.07) is 1.72. The molecule has 0 aliphatic carbocycles. The zero-order valence-corrected chi connectivity index (χ0v) is 11.4. The van der Waals surface area contributed by atoms with Gasteiger partial charge >= 0.3 is 12.1 Å². The number of carbonyl (C=O) groups excluding carboxylic acids is 1. The van der Waals surface area contributed by atoms with Crippen molar-refractivity contribution in [1.29, 1.82) is 0 Å². The predicted octanol–water partition coefficient (Wildman–Crippen LogP) is 2.78. The number of hydrogen-bond acceptors (Lipinski definition) is 5. The van der Waals surface area contributed by atoms with Crippen LogP contribution in [0.15, 0.2) is 21.3 Å². The Kier molecular flexibility index (Phi) is 3.44. The molecule has 0 unspecified atom stereocenters. The third-order valence-corrected chi connectivity index (χ3v) is 3.98. The molecule has 5 nitrogen and oxygen atoms in total. The van der Waals surface area contributed by atoms with Gasteiger partial charge in [-0.15, -0.1) is 0 Å². The molecule has 1 saturated heterocycles. The van der Waals surface area contributed by atoms with E-state index in [2.05, 4.69) is 14.7 Å². The first kappa shape index (κ1) is 14.1. The highest BCUT2D eigenvalue weighted by Crippen LogP contribution is 2.31. The summed E-state index contributed by atoms with van der Waals surface area (Å²) in [5.74, 6) is -1.80. The maximum Gasteiger partial charge on any atom is 0.471 e. The zero-order valence-electron chi connectivity index (χ0n) is 10.6. The summed E-state index contributed by atoms with van der Waals surface area (Å²) in [5, 5.41) is 6.92. The Morgan fingerprint density at radius 2 is 2.29 bits per heavy atom. The largest absolute Gasteiger partial charge is 0.471 e. The quantitative estimate of drug-likeness (QED) is 0.854. The van der Waals surface area contributed by atoms with Crippen LogP contribution >= 0.6 is 11.3 Å². The number of likely N-dealkylation sites (tertiary alicyclic amines) is 1. The molecule has 1 amide bonds. The number of rotatable bonds is 2. The van der Waals surface area contributed by atoms with Crippen LogP contribution in [0.4, 0.5) is 13.2 Å². The van der Waals surface area contributed by atoms with E-state index in [1.54, 1.807) is 21.7 Å². The van der Waals surface area contributed by atoms with Crippen LogP contribution in [0.1, 0.15) is 34.4 Å². The second-order valence-corrected chi connectivity index (χ2v) is 5.48. The zero-order chi connectivity index (χ0) is 15.0. The number of alkyl halides is 3. The molecule has 0 spiro atoms. The van der Waals surface area contributed by atoms with Crippen molar-refractivity contribution < 1.29 is 22.5 Å². The highest BCUT2D eigenvalue weighted by atomic mass is 32.1. The Morgan fingerprint density at radius 3 is 2.90 bits per heavy atom. The minimum absolute atomic E-state index is 0.00273. The van der Waals surface area contributed by atoms with Crippen molar-refractivity contribution in [3.8, 4) is 0 Å². The summed E-state index contributed by atoms with van der Waals surface area (Å²) in [5.41, 5.74) is 0.588. The molecule has 3 rings (SSSR count). The maximum absolute atomic E-state index is 12.4. The van der Waals surface area contributed by atoms with Gasteiger partial charge in [-0.3, -0.25) is 4.79 Å². The lowest BCUT2D eigenvalue weighted by Gasteiger charge is -2.14. The van der Waals surface area contributed by atoms with Crippen molar-refractivity contribution in [2.24, 2.45) is 0 Å². The van der Waals surface area contributed by atoms with Gasteiger partial charge in [0, 0.05) is 24.4 Å². The van der Waals surface area contributed by atoms with Crippen molar-refractivity contribution in [2.75, 3.05) is 13.1 Å². The molecule has 1 aliphatic heterocycles. The van der Waals surface area contributed by atoms with Gasteiger partial charge in [0.05, 0.1) is 5.56 Å². The molecule has 0 bridgehead atoms. The van der Waals surface area contributed by atoms with Crippen LogP contribution in [0.2, 0.25) is 0 Å². The Bertz CT molecular complexity index is 638. The van der Waals surface area contributed by atoms with E-state index in [1.807, 2.05) is 0 Å². The standard InChI is InChI=1S/C12H10F3N3O2S/c13-12(14,15)11-16-9(17-20-11)7-1-3-18(5-7)10(19)8-2-4-21-6-8/h2,4,6-7H,1,3,5H2/t7-/m1/s1. The molecule has 3 heterocycles. The average Bonchev–Trinajstić information content (AvgIpc) is 3.17. The van der Waals surface area contributed by atoms with Crippen LogP contribution in [-0.2, 0) is 6.18 Å². The normalized spacial score (nSPS) is 19.2. The lowest BCUT2D eigenvalue weighted by Crippen LogP contribution is -2.28. The molecular formula is C12H10F3N3O2S. The summed E-state index contributed by atoms with van der Waals surface area (Å²) >= 11 is 1.42. The summed E-state index contributed by atoms with van der Waals surface area (Å²) in [4.78, 5) is 17.1. The molecule has 0 saturated carbocycles. The fraction of sp³-hybridized carbons (Fsp3) is 0.417. The van der Waals surface area contributed by atoms with Gasteiger partial charge in [0.25, 0.3) is 5.91 Å². The number of halogens is 3. The van der Waals surface area contributed by atoms with Gasteiger partial charge in [-0.05, 0) is 17.9 Å². The second-order valence-electron chi connectivity index (χ2n) is 4.70. The first-order valence-electron chi connectivity index (χ1n) is 6.17. The second kappa shape index (κ2) is 5.14. The van der Waals surface area contributed by atoms with Gasteiger partial charge < -0.3 is 9.42 Å². The van der Waals surface area contributed by atoms with Crippen molar-refractivity contribution in [3.63, 3.8) is 0 Å². The summed E-state index contributed by atoms with van der Waals surface area (Å²) < 4.78 is 41.5. The molecule has 0 aromatic carbocycles. The van der Waals surface area contributed by atoms with E-state index in [4.69, 9.17) is 0 Å². The molecule has 1 atom stereocenters. The van der Waals surface area contributed by atoms with E-state index in [9.17, 15) is 18.0 Å². The first-order valence-corrected chi connectivity index (χ1v) is 7.11. The Labute approximate surface area is 121 Å². The van der Waals surface area contributed by atoms with Gasteiger partial charge in [-0.25, -0.2) is 0 Å². The summed E-state index contributed by atoms with van der Waals surface area (Å²) in [7, 11) is 0. The average molecular weight is 317 g/mol. The summed E-state index contributed by atoms with van der Waals surface area (Å²) in [6.07, 6.45) is -4.12. The number of hydrogen-bond donors (Lipinski definition) is 0. The SMILES string of the molecule is O=C(c1ccsc1)N1CC[C@@H](c2noc(C(F)(F)F)n2)C1. The number of amides is 1. The number of aromatic nitrogens is 2. The Balaban J connectivity index is 1.70. The van der Waals surface area contributed by atoms with E-state index in [0.717, 1.165) is 0 Å². The molecule has 0 radical (unpaired) electrons. The molecule has 1 aliphatic rings. The fourth-order valence-corrected chi connectivity index (χ4v) is 2.87. The van der Waals surface area contributed by atoms with Gasteiger partial charge in [0.15, 0.2) is 5.82 Å². The van der Waals surface area contributed by atoms with Crippen LogP contribution < -0.4 is 0 Å². The minimum Gasteiger partial charge on any atom is -0.338 e. The Hall–Kier alpha value is -1.90. The number of thiophene rings is 1. The maximum atomic E-state index is 12.4. The molecule has 21 heavy (non-hydrogen) atoms. The molecule has 0 N–H and O–H groups in total. The number of carbonyl (C=O) groups is 1. The number of nitrogens with zero attached hydrogens (tertiary/aromatic N) is 3. The van der Waals surface area contributed by atoms with E-state index >= 15 is 0 Å². The van der Waals surface area contributed by atoms with E-state index in [-0.39, 0.29) is 17.6 Å². The van der Waals surface area contributed by atoms with E-state index in [0.29, 0.717) is 25.1 Å². The molecule has 112 valence electrons. The lowest BCUT2D eigenvalue weighted by atomic mass is 10.1. The van der Waals surface area contributed by atoms with E-state index in [1.165, 1.54) is 11.3 Å². The molecule has 9 heteroatoms. The third-order valence-electron chi connectivity index (χ3n) is 3.29. The van der Waals surface area contributed by atoms with E-state index < -0.39 is 12.1 Å². The highest BCUT2D eigenvalue weighted by Gasteiger charge is 2.40. The molecular weight excluding hydrogens is 307 g/mol. The van der Waals surface area contributed by atoms with Crippen LogP contribution in [0, 0.1) is 0 Å². The topological polar surface area (TPSA) is 59.2 Å². The first-order chi connectivity index (χ1) is 9.95. The monoisotopic (exact) mass is 317 g/mol. The summed E-state index contributed by atoms with van der Waals surface area (Å²) in [6.45, 7) is 0.765. The molecule has 2 aromatic heterocycles. The van der Waals surface area contributed by atoms with Crippen molar-refractivity contribution >= 4 is 17.2 Å². The van der Waals surface area contributed by atoms with Gasteiger partial charge in [0.2, 0.25) is 0 Å². The van der Waals surface area contributed by atoms with Crippen LogP contribution in [-0.4, -0.2) is 34.0 Å².